The molecule has 0 bridgehead atoms. The maximum atomic E-state index is 11.8. The summed E-state index contributed by atoms with van der Waals surface area (Å²) in [4.78, 5) is 16.2. The number of aryl methyl sites for hydroxylation is 1. The minimum absolute atomic E-state index is 0.0805. The number of rotatable bonds is 6. The summed E-state index contributed by atoms with van der Waals surface area (Å²) in [6.45, 7) is 5.98. The van der Waals surface area contributed by atoms with Gasteiger partial charge in [0.15, 0.2) is 0 Å². The number of carbonyl (C=O) groups is 1. The van der Waals surface area contributed by atoms with Crippen molar-refractivity contribution in [1.82, 2.24) is 10.3 Å². The summed E-state index contributed by atoms with van der Waals surface area (Å²) in [5.74, 6) is 1.75. The Morgan fingerprint density at radius 2 is 2.40 bits per heavy atom. The molecule has 112 valence electrons. The van der Waals surface area contributed by atoms with Gasteiger partial charge in [-0.3, -0.25) is 4.79 Å². The van der Waals surface area contributed by atoms with E-state index in [1.54, 1.807) is 23.1 Å². The van der Waals surface area contributed by atoms with Gasteiger partial charge >= 0.3 is 0 Å². The van der Waals surface area contributed by atoms with Crippen LogP contribution in [-0.2, 0) is 10.5 Å². The zero-order valence-electron chi connectivity index (χ0n) is 12.2. The Bertz CT molecular complexity index is 473. The average molecular weight is 314 g/mol. The third-order valence-corrected chi connectivity index (χ3v) is 5.76. The second kappa shape index (κ2) is 6.45. The third kappa shape index (κ3) is 3.74. The molecular weight excluding hydrogens is 292 g/mol. The molecule has 0 aromatic carbocycles. The van der Waals surface area contributed by atoms with Crippen molar-refractivity contribution in [3.8, 4) is 0 Å². The van der Waals surface area contributed by atoms with Crippen LogP contribution >= 0.6 is 23.1 Å². The van der Waals surface area contributed by atoms with E-state index in [0.29, 0.717) is 12.8 Å². The molecule has 2 N–H and O–H groups in total. The van der Waals surface area contributed by atoms with Crippen LogP contribution in [0.25, 0.3) is 0 Å². The molecule has 2 atom stereocenters. The van der Waals surface area contributed by atoms with Crippen molar-refractivity contribution in [2.45, 2.75) is 51.5 Å². The molecule has 2 rings (SSSR count). The molecule has 1 saturated carbocycles. The number of aromatic nitrogens is 1. The van der Waals surface area contributed by atoms with Crippen molar-refractivity contribution >= 4 is 29.0 Å². The number of thiazole rings is 1. The summed E-state index contributed by atoms with van der Waals surface area (Å²) >= 11 is 3.40. The number of amides is 1. The Morgan fingerprint density at radius 3 is 2.95 bits per heavy atom. The molecule has 1 heterocycles. The fraction of sp³-hybridized carbons (Fsp3) is 0.714. The summed E-state index contributed by atoms with van der Waals surface area (Å²) in [6.07, 6.45) is 0.899. The maximum Gasteiger partial charge on any atom is 0.221 e. The summed E-state index contributed by atoms with van der Waals surface area (Å²) < 4.78 is 0. The Hall–Kier alpha value is -0.590. The average Bonchev–Trinajstić information content (AvgIpc) is 2.80. The van der Waals surface area contributed by atoms with Crippen molar-refractivity contribution < 1.29 is 9.90 Å². The van der Waals surface area contributed by atoms with Gasteiger partial charge in [-0.2, -0.15) is 11.8 Å². The van der Waals surface area contributed by atoms with Gasteiger partial charge in [0, 0.05) is 34.8 Å². The van der Waals surface area contributed by atoms with Crippen LogP contribution in [0.3, 0.4) is 0 Å². The van der Waals surface area contributed by atoms with E-state index < -0.39 is 0 Å². The van der Waals surface area contributed by atoms with Crippen LogP contribution in [-0.4, -0.2) is 33.9 Å². The molecule has 1 aromatic heterocycles. The second-order valence-electron chi connectivity index (χ2n) is 5.85. The lowest BCUT2D eigenvalue weighted by molar-refractivity contribution is -0.128. The minimum atomic E-state index is -0.296. The first-order valence-electron chi connectivity index (χ1n) is 6.86. The van der Waals surface area contributed by atoms with Crippen molar-refractivity contribution in [3.05, 3.63) is 16.1 Å². The van der Waals surface area contributed by atoms with Crippen LogP contribution in [0.15, 0.2) is 5.38 Å². The first-order chi connectivity index (χ1) is 9.39. The van der Waals surface area contributed by atoms with E-state index in [4.69, 9.17) is 0 Å². The van der Waals surface area contributed by atoms with E-state index in [-0.39, 0.29) is 23.5 Å². The first kappa shape index (κ1) is 15.8. The van der Waals surface area contributed by atoms with Crippen LogP contribution in [0.1, 0.15) is 37.4 Å². The van der Waals surface area contributed by atoms with Gasteiger partial charge in [0.05, 0.1) is 16.8 Å². The number of thioether (sulfide) groups is 1. The normalized spacial score (nSPS) is 24.2. The van der Waals surface area contributed by atoms with Crippen LogP contribution in [0.4, 0.5) is 0 Å². The number of hydrogen-bond acceptors (Lipinski definition) is 5. The Balaban J connectivity index is 1.61. The van der Waals surface area contributed by atoms with E-state index in [2.05, 4.69) is 15.7 Å². The van der Waals surface area contributed by atoms with E-state index in [9.17, 15) is 9.90 Å². The zero-order chi connectivity index (χ0) is 14.8. The topological polar surface area (TPSA) is 62.2 Å². The summed E-state index contributed by atoms with van der Waals surface area (Å²) in [6, 6.07) is 0.108. The first-order valence-corrected chi connectivity index (χ1v) is 8.89. The van der Waals surface area contributed by atoms with E-state index in [1.807, 2.05) is 20.8 Å². The molecule has 6 heteroatoms. The Labute approximate surface area is 128 Å². The summed E-state index contributed by atoms with van der Waals surface area (Å²) in [5.41, 5.74) is 0.905. The second-order valence-corrected chi connectivity index (χ2v) is 8.02. The van der Waals surface area contributed by atoms with Gasteiger partial charge in [-0.05, 0) is 13.3 Å². The molecule has 0 saturated heterocycles. The molecule has 2 unspecified atom stereocenters. The van der Waals surface area contributed by atoms with E-state index in [0.717, 1.165) is 22.2 Å². The zero-order valence-corrected chi connectivity index (χ0v) is 13.8. The van der Waals surface area contributed by atoms with Gasteiger partial charge in [0.2, 0.25) is 5.91 Å². The molecule has 1 amide bonds. The van der Waals surface area contributed by atoms with Crippen molar-refractivity contribution in [1.29, 1.82) is 0 Å². The fourth-order valence-electron chi connectivity index (χ4n) is 2.23. The van der Waals surface area contributed by atoms with Crippen LogP contribution in [0.2, 0.25) is 0 Å². The third-order valence-electron chi connectivity index (χ3n) is 3.94. The predicted molar refractivity (Wildman–Crippen MR) is 84.0 cm³/mol. The van der Waals surface area contributed by atoms with E-state index in [1.165, 1.54) is 0 Å². The van der Waals surface area contributed by atoms with Gasteiger partial charge < -0.3 is 10.4 Å². The molecule has 1 aliphatic rings. The molecule has 0 spiro atoms. The van der Waals surface area contributed by atoms with Gasteiger partial charge in [0.25, 0.3) is 0 Å². The minimum Gasteiger partial charge on any atom is -0.392 e. The highest BCUT2D eigenvalue weighted by Crippen LogP contribution is 2.40. The van der Waals surface area contributed by atoms with Crippen molar-refractivity contribution in [2.75, 3.05) is 5.75 Å². The van der Waals surface area contributed by atoms with Crippen LogP contribution in [0.5, 0.6) is 0 Å². The van der Waals surface area contributed by atoms with Gasteiger partial charge in [-0.15, -0.1) is 11.3 Å². The SMILES string of the molecule is Cc1nc(CSCCC(=O)NC2CC(O)C2(C)C)cs1. The highest BCUT2D eigenvalue weighted by molar-refractivity contribution is 7.98. The predicted octanol–water partition coefficient (Wildman–Crippen LogP) is 2.35. The molecular formula is C14H22N2O2S2. The highest BCUT2D eigenvalue weighted by Gasteiger charge is 2.47. The quantitative estimate of drug-likeness (QED) is 0.791. The molecule has 4 nitrogen and oxygen atoms in total. The van der Waals surface area contributed by atoms with Gasteiger partial charge in [-0.1, -0.05) is 13.8 Å². The standard InChI is InChI=1S/C14H22N2O2S2/c1-9-15-10(8-20-9)7-19-5-4-13(18)16-11-6-12(17)14(11,2)3/h8,11-12,17H,4-7H2,1-3H3,(H,16,18). The fourth-order valence-corrected chi connectivity index (χ4v) is 3.78. The lowest BCUT2D eigenvalue weighted by atomic mass is 9.64. The largest absolute Gasteiger partial charge is 0.392 e. The molecule has 0 aliphatic heterocycles. The lowest BCUT2D eigenvalue weighted by Gasteiger charge is -2.49. The van der Waals surface area contributed by atoms with Crippen LogP contribution < -0.4 is 5.32 Å². The maximum absolute atomic E-state index is 11.8. The number of aliphatic hydroxyl groups excluding tert-OH is 1. The smallest absolute Gasteiger partial charge is 0.221 e. The molecule has 1 aromatic rings. The number of nitrogens with one attached hydrogen (secondary N) is 1. The lowest BCUT2D eigenvalue weighted by Crippen LogP contribution is -2.61. The van der Waals surface area contributed by atoms with Gasteiger partial charge in [0.1, 0.15) is 0 Å². The Morgan fingerprint density at radius 1 is 1.65 bits per heavy atom. The molecule has 0 radical (unpaired) electrons. The van der Waals surface area contributed by atoms with E-state index >= 15 is 0 Å². The van der Waals surface area contributed by atoms with Crippen molar-refractivity contribution in [2.24, 2.45) is 5.41 Å². The van der Waals surface area contributed by atoms with Crippen molar-refractivity contribution in [3.63, 3.8) is 0 Å². The monoisotopic (exact) mass is 314 g/mol. The molecule has 20 heavy (non-hydrogen) atoms. The summed E-state index contributed by atoms with van der Waals surface area (Å²) in [7, 11) is 0. The number of aliphatic hydroxyl groups is 1. The number of nitrogens with zero attached hydrogens (tertiary/aromatic N) is 1. The highest BCUT2D eigenvalue weighted by atomic mass is 32.2. The van der Waals surface area contributed by atoms with Crippen LogP contribution in [0, 0.1) is 12.3 Å². The Kier molecular flexibility index (Phi) is 5.09. The summed E-state index contributed by atoms with van der Waals surface area (Å²) in [5, 5.41) is 15.8. The van der Waals surface area contributed by atoms with Gasteiger partial charge in [-0.25, -0.2) is 4.98 Å². The number of hydrogen-bond donors (Lipinski definition) is 2. The number of carbonyl (C=O) groups excluding carboxylic acids is 1. The molecule has 1 aliphatic carbocycles. The molecule has 1 fully saturated rings.